The molecule has 4 heterocycles. The molecule has 0 aliphatic carbocycles. The summed E-state index contributed by atoms with van der Waals surface area (Å²) in [5.74, 6) is 1.02. The van der Waals surface area contributed by atoms with Gasteiger partial charge in [0.1, 0.15) is 5.82 Å². The molecule has 5 heteroatoms. The first-order valence-corrected chi connectivity index (χ1v) is 7.51. The monoisotopic (exact) mass is 294 g/mol. The van der Waals surface area contributed by atoms with Crippen molar-refractivity contribution in [3.63, 3.8) is 0 Å². The zero-order valence-electron chi connectivity index (χ0n) is 12.6. The Kier molecular flexibility index (Phi) is 3.27. The highest BCUT2D eigenvalue weighted by Gasteiger charge is 2.15. The molecular weight excluding hydrogens is 276 g/mol. The number of ether oxygens (including phenoxy) is 1. The number of rotatable bonds is 2. The maximum atomic E-state index is 5.41. The number of pyridine rings is 2. The number of morpholine rings is 1. The second kappa shape index (κ2) is 5.42. The van der Waals surface area contributed by atoms with Crippen molar-refractivity contribution in [2.75, 3.05) is 31.2 Å². The predicted molar refractivity (Wildman–Crippen MR) is 87.0 cm³/mol. The number of anilines is 1. The van der Waals surface area contributed by atoms with Gasteiger partial charge in [0.25, 0.3) is 0 Å². The molecule has 0 atom stereocenters. The van der Waals surface area contributed by atoms with Gasteiger partial charge in [-0.3, -0.25) is 4.98 Å². The number of aromatic nitrogens is 3. The van der Waals surface area contributed by atoms with Crippen molar-refractivity contribution in [1.29, 1.82) is 0 Å². The Bertz CT molecular complexity index is 791. The Hall–Kier alpha value is -2.40. The van der Waals surface area contributed by atoms with E-state index >= 15 is 0 Å². The fourth-order valence-electron chi connectivity index (χ4n) is 2.98. The predicted octanol–water partition coefficient (Wildman–Crippen LogP) is 2.47. The number of aryl methyl sites for hydroxylation is 1. The van der Waals surface area contributed by atoms with E-state index in [1.165, 1.54) is 5.52 Å². The van der Waals surface area contributed by atoms with Gasteiger partial charge >= 0.3 is 0 Å². The van der Waals surface area contributed by atoms with Gasteiger partial charge in [-0.05, 0) is 18.2 Å². The van der Waals surface area contributed by atoms with Gasteiger partial charge in [0.15, 0.2) is 0 Å². The van der Waals surface area contributed by atoms with E-state index in [-0.39, 0.29) is 0 Å². The molecule has 0 saturated carbocycles. The highest BCUT2D eigenvalue weighted by atomic mass is 16.5. The summed E-state index contributed by atoms with van der Waals surface area (Å²) in [6, 6.07) is 8.38. The molecule has 22 heavy (non-hydrogen) atoms. The Labute approximate surface area is 129 Å². The maximum Gasteiger partial charge on any atom is 0.130 e. The standard InChI is InChI=1S/C17H18N4O/c1-20-15(13-3-2-4-18-11-13)9-14-12-19-17(10-16(14)20)21-5-7-22-8-6-21/h2-4,9-12H,5-8H2,1H3. The number of nitrogens with zero attached hydrogens (tertiary/aromatic N) is 4. The van der Waals surface area contributed by atoms with Gasteiger partial charge in [-0.15, -0.1) is 0 Å². The van der Waals surface area contributed by atoms with Gasteiger partial charge in [-0.1, -0.05) is 0 Å². The lowest BCUT2D eigenvalue weighted by Crippen LogP contribution is -2.36. The third-order valence-corrected chi connectivity index (χ3v) is 4.20. The van der Waals surface area contributed by atoms with E-state index < -0.39 is 0 Å². The average molecular weight is 294 g/mol. The Balaban J connectivity index is 1.78. The van der Waals surface area contributed by atoms with Crippen LogP contribution in [0.4, 0.5) is 5.82 Å². The lowest BCUT2D eigenvalue weighted by Gasteiger charge is -2.27. The Morgan fingerprint density at radius 1 is 1.14 bits per heavy atom. The van der Waals surface area contributed by atoms with E-state index in [0.29, 0.717) is 0 Å². The number of fused-ring (bicyclic) bond motifs is 1. The SMILES string of the molecule is Cn1c(-c2cccnc2)cc2cnc(N3CCOCC3)cc21. The van der Waals surface area contributed by atoms with Gasteiger partial charge in [0, 0.05) is 55.7 Å². The van der Waals surface area contributed by atoms with Gasteiger partial charge in [0.05, 0.1) is 24.4 Å². The van der Waals surface area contributed by atoms with Crippen LogP contribution in [0.5, 0.6) is 0 Å². The Morgan fingerprint density at radius 2 is 2.00 bits per heavy atom. The molecule has 0 radical (unpaired) electrons. The molecule has 0 unspecified atom stereocenters. The zero-order chi connectivity index (χ0) is 14.9. The zero-order valence-corrected chi connectivity index (χ0v) is 12.6. The first kappa shape index (κ1) is 13.3. The summed E-state index contributed by atoms with van der Waals surface area (Å²) < 4.78 is 7.62. The minimum Gasteiger partial charge on any atom is -0.378 e. The molecule has 112 valence electrons. The van der Waals surface area contributed by atoms with Crippen LogP contribution in [-0.4, -0.2) is 40.8 Å². The fraction of sp³-hybridized carbons (Fsp3) is 0.294. The van der Waals surface area contributed by atoms with Crippen molar-refractivity contribution in [3.05, 3.63) is 42.9 Å². The molecule has 3 aromatic rings. The van der Waals surface area contributed by atoms with Crippen LogP contribution in [0.25, 0.3) is 22.2 Å². The molecule has 1 aliphatic heterocycles. The van der Waals surface area contributed by atoms with Gasteiger partial charge in [-0.2, -0.15) is 0 Å². The summed E-state index contributed by atoms with van der Waals surface area (Å²) in [5, 5.41) is 1.15. The second-order valence-electron chi connectivity index (χ2n) is 5.53. The van der Waals surface area contributed by atoms with E-state index in [4.69, 9.17) is 4.74 Å². The van der Waals surface area contributed by atoms with Crippen LogP contribution >= 0.6 is 0 Å². The van der Waals surface area contributed by atoms with Crippen LogP contribution < -0.4 is 4.90 Å². The average Bonchev–Trinajstić information content (AvgIpc) is 2.93. The first-order chi connectivity index (χ1) is 10.8. The molecule has 0 spiro atoms. The normalized spacial score (nSPS) is 15.4. The van der Waals surface area contributed by atoms with Crippen molar-refractivity contribution >= 4 is 16.7 Å². The van der Waals surface area contributed by atoms with Crippen molar-refractivity contribution < 1.29 is 4.74 Å². The van der Waals surface area contributed by atoms with Gasteiger partial charge < -0.3 is 14.2 Å². The molecule has 0 amide bonds. The molecule has 5 nitrogen and oxygen atoms in total. The number of hydrogen-bond donors (Lipinski definition) is 0. The minimum absolute atomic E-state index is 0.772. The molecule has 3 aromatic heterocycles. The smallest absolute Gasteiger partial charge is 0.130 e. The van der Waals surface area contributed by atoms with Crippen LogP contribution in [0.1, 0.15) is 0 Å². The van der Waals surface area contributed by atoms with Crippen molar-refractivity contribution in [3.8, 4) is 11.3 Å². The molecular formula is C17H18N4O. The summed E-state index contributed by atoms with van der Waals surface area (Å²) in [6.45, 7) is 3.35. The number of hydrogen-bond acceptors (Lipinski definition) is 4. The summed E-state index contributed by atoms with van der Waals surface area (Å²) >= 11 is 0. The molecule has 1 aliphatic rings. The summed E-state index contributed by atoms with van der Waals surface area (Å²) in [6.07, 6.45) is 5.65. The maximum absolute atomic E-state index is 5.41. The largest absolute Gasteiger partial charge is 0.378 e. The van der Waals surface area contributed by atoms with E-state index in [2.05, 4.69) is 44.7 Å². The summed E-state index contributed by atoms with van der Waals surface area (Å²) in [5.41, 5.74) is 3.47. The van der Waals surface area contributed by atoms with Gasteiger partial charge in [0.2, 0.25) is 0 Å². The second-order valence-corrected chi connectivity index (χ2v) is 5.53. The van der Waals surface area contributed by atoms with Crippen molar-refractivity contribution in [2.24, 2.45) is 7.05 Å². The molecule has 1 saturated heterocycles. The van der Waals surface area contributed by atoms with E-state index in [1.807, 2.05) is 18.5 Å². The highest BCUT2D eigenvalue weighted by Crippen LogP contribution is 2.28. The summed E-state index contributed by atoms with van der Waals surface area (Å²) in [4.78, 5) is 11.1. The fourth-order valence-corrected chi connectivity index (χ4v) is 2.98. The van der Waals surface area contributed by atoms with Gasteiger partial charge in [-0.25, -0.2) is 4.98 Å². The van der Waals surface area contributed by atoms with Crippen LogP contribution in [0.15, 0.2) is 42.9 Å². The van der Waals surface area contributed by atoms with Crippen LogP contribution in [0.2, 0.25) is 0 Å². The van der Waals surface area contributed by atoms with E-state index in [9.17, 15) is 0 Å². The van der Waals surface area contributed by atoms with Crippen LogP contribution in [0, 0.1) is 0 Å². The molecule has 1 fully saturated rings. The third-order valence-electron chi connectivity index (χ3n) is 4.20. The van der Waals surface area contributed by atoms with Crippen molar-refractivity contribution in [2.45, 2.75) is 0 Å². The highest BCUT2D eigenvalue weighted by molar-refractivity contribution is 5.87. The minimum atomic E-state index is 0.772. The molecule has 4 rings (SSSR count). The topological polar surface area (TPSA) is 43.2 Å². The summed E-state index contributed by atoms with van der Waals surface area (Å²) in [7, 11) is 2.09. The third kappa shape index (κ3) is 2.23. The molecule has 0 aromatic carbocycles. The molecule has 0 bridgehead atoms. The lowest BCUT2D eigenvalue weighted by atomic mass is 10.2. The van der Waals surface area contributed by atoms with Crippen LogP contribution in [0.3, 0.4) is 0 Å². The first-order valence-electron chi connectivity index (χ1n) is 7.51. The van der Waals surface area contributed by atoms with E-state index in [1.54, 1.807) is 6.20 Å². The van der Waals surface area contributed by atoms with Crippen molar-refractivity contribution in [1.82, 2.24) is 14.5 Å². The van der Waals surface area contributed by atoms with E-state index in [0.717, 1.165) is 48.8 Å². The molecule has 0 N–H and O–H groups in total. The Morgan fingerprint density at radius 3 is 2.77 bits per heavy atom. The van der Waals surface area contributed by atoms with Crippen LogP contribution in [-0.2, 0) is 11.8 Å². The quantitative estimate of drug-likeness (QED) is 0.728. The lowest BCUT2D eigenvalue weighted by molar-refractivity contribution is 0.122.